The van der Waals surface area contributed by atoms with Crippen molar-refractivity contribution in [1.82, 2.24) is 19.8 Å². The summed E-state index contributed by atoms with van der Waals surface area (Å²) in [5, 5.41) is 13.2. The van der Waals surface area contributed by atoms with Crippen LogP contribution in [0.25, 0.3) is 11.3 Å². The molecule has 1 amide bonds. The van der Waals surface area contributed by atoms with Crippen LogP contribution < -0.4 is 33.4 Å². The first kappa shape index (κ1) is 35.6. The summed E-state index contributed by atoms with van der Waals surface area (Å²) >= 11 is 0. The van der Waals surface area contributed by atoms with Gasteiger partial charge in [-0.15, -0.1) is 0 Å². The molecule has 2 aromatic carbocycles. The molecule has 238 valence electrons. The lowest BCUT2D eigenvalue weighted by Crippen LogP contribution is -2.35. The first-order valence-corrected chi connectivity index (χ1v) is 15.0. The molecule has 1 aromatic heterocycles. The fraction of sp³-hybridized carbons (Fsp3) is 0.406. The molecule has 44 heavy (non-hydrogen) atoms. The number of amidine groups is 1. The number of aromatic nitrogens is 2. The first-order valence-electron chi connectivity index (χ1n) is 15.0. The lowest BCUT2D eigenvalue weighted by Gasteiger charge is -2.16. The quantitative estimate of drug-likeness (QED) is 0.0823. The van der Waals surface area contributed by atoms with Crippen molar-refractivity contribution < 1.29 is 9.59 Å². The zero-order chi connectivity index (χ0) is 32.6. The van der Waals surface area contributed by atoms with Crippen LogP contribution >= 0.6 is 0 Å². The Morgan fingerprint density at radius 1 is 1.11 bits per heavy atom. The molecule has 1 aliphatic rings. The highest BCUT2D eigenvalue weighted by Gasteiger charge is 2.16. The van der Waals surface area contributed by atoms with Gasteiger partial charge in [0.15, 0.2) is 5.82 Å². The molecular weight excluding hydrogens is 558 g/mol. The number of anilines is 2. The fourth-order valence-corrected chi connectivity index (χ4v) is 4.53. The Morgan fingerprint density at radius 2 is 1.77 bits per heavy atom. The molecule has 4 rings (SSSR count). The van der Waals surface area contributed by atoms with Crippen molar-refractivity contribution in [1.29, 1.82) is 5.41 Å². The highest BCUT2D eigenvalue weighted by molar-refractivity contribution is 5.94. The molecule has 9 N–H and O–H groups in total. The van der Waals surface area contributed by atoms with E-state index in [1.165, 1.54) is 42.8 Å². The van der Waals surface area contributed by atoms with Crippen molar-refractivity contribution in [3.05, 3.63) is 75.7 Å². The Morgan fingerprint density at radius 3 is 2.34 bits per heavy atom. The lowest BCUT2D eigenvalue weighted by molar-refractivity contribution is -0.121. The number of carbonyl (C=O) groups excluding carboxylic acids is 2. The molecule has 1 aliphatic heterocycles. The van der Waals surface area contributed by atoms with Crippen molar-refractivity contribution in [2.75, 3.05) is 37.2 Å². The second-order valence-corrected chi connectivity index (χ2v) is 10.4. The highest BCUT2D eigenvalue weighted by Crippen LogP contribution is 2.22. The predicted octanol–water partition coefficient (Wildman–Crippen LogP) is 2.79. The van der Waals surface area contributed by atoms with Crippen molar-refractivity contribution in [2.45, 2.75) is 59.7 Å². The van der Waals surface area contributed by atoms with E-state index in [2.05, 4.69) is 20.5 Å². The zero-order valence-electron chi connectivity index (χ0n) is 26.2. The molecule has 2 heterocycles. The summed E-state index contributed by atoms with van der Waals surface area (Å²) in [5.74, 6) is -0.309. The lowest BCUT2D eigenvalue weighted by atomic mass is 10.1. The first-order chi connectivity index (χ1) is 21.1. The second kappa shape index (κ2) is 18.2. The van der Waals surface area contributed by atoms with Gasteiger partial charge >= 0.3 is 0 Å². The summed E-state index contributed by atoms with van der Waals surface area (Å²) in [6, 6.07) is 11.6. The number of hydrogen-bond acceptors (Lipinski definition) is 9. The number of rotatable bonds is 11. The predicted molar refractivity (Wildman–Crippen MR) is 178 cm³/mol. The molecular formula is C32H47N9O3. The van der Waals surface area contributed by atoms with E-state index in [9.17, 15) is 14.4 Å². The molecule has 1 saturated heterocycles. The van der Waals surface area contributed by atoms with Crippen LogP contribution in [0.1, 0.15) is 62.0 Å². The number of likely N-dealkylation sites (tertiary alicyclic amines) is 1. The maximum absolute atomic E-state index is 13.2. The largest absolute Gasteiger partial charge is 0.399 e. The number of aldehydes is 1. The van der Waals surface area contributed by atoms with Crippen LogP contribution in [0.15, 0.2) is 53.5 Å². The van der Waals surface area contributed by atoms with Crippen molar-refractivity contribution >= 4 is 29.5 Å². The SMILES string of the molecule is CC.CC(C)Nc1ncc(-c2cc(N)cc(C=O)c2)n(CC(=O)NCc2ccc(C(=N)N)cc2)c1=O.NCCN1CCCC1. The van der Waals surface area contributed by atoms with Gasteiger partial charge in [0.2, 0.25) is 5.91 Å². The summed E-state index contributed by atoms with van der Waals surface area (Å²) < 4.78 is 1.30. The Kier molecular flexibility index (Phi) is 14.7. The van der Waals surface area contributed by atoms with Gasteiger partial charge in [-0.25, -0.2) is 4.98 Å². The number of benzene rings is 2. The number of carbonyl (C=O) groups is 2. The van der Waals surface area contributed by atoms with E-state index in [-0.39, 0.29) is 36.7 Å². The highest BCUT2D eigenvalue weighted by atomic mass is 16.2. The maximum Gasteiger partial charge on any atom is 0.294 e. The zero-order valence-corrected chi connectivity index (χ0v) is 26.2. The van der Waals surface area contributed by atoms with Crippen LogP contribution in [0.2, 0.25) is 0 Å². The van der Waals surface area contributed by atoms with E-state index < -0.39 is 5.56 Å². The van der Waals surface area contributed by atoms with Crippen molar-refractivity contribution in [2.24, 2.45) is 11.5 Å². The standard InChI is InChI=1S/C24H27N7O3.C6H14N2.C2H6/c1-14(2)30-23-24(34)31(20(11-29-23)18-7-16(13-32)8-19(25)9-18)12-21(33)28-10-15-3-5-17(6-4-15)22(26)27;7-3-6-8-4-1-2-5-8;1-2/h3-9,11,13-14H,10,12,25H2,1-2H3,(H3,26,27)(H,28,33)(H,29,30);1-7H2;1-2H3. The van der Waals surface area contributed by atoms with Gasteiger partial charge in [-0.05, 0) is 63.5 Å². The van der Waals surface area contributed by atoms with Crippen LogP contribution in [0.3, 0.4) is 0 Å². The van der Waals surface area contributed by atoms with Crippen LogP contribution in [-0.2, 0) is 17.9 Å². The molecule has 12 heteroatoms. The van der Waals surface area contributed by atoms with Crippen molar-refractivity contribution in [3.63, 3.8) is 0 Å². The molecule has 0 aliphatic carbocycles. The van der Waals surface area contributed by atoms with Gasteiger partial charge in [0.05, 0.1) is 11.9 Å². The molecule has 0 spiro atoms. The molecule has 0 unspecified atom stereocenters. The smallest absolute Gasteiger partial charge is 0.294 e. The summed E-state index contributed by atoms with van der Waals surface area (Å²) in [6.07, 6.45) is 4.89. The molecule has 0 atom stereocenters. The Bertz CT molecular complexity index is 1430. The van der Waals surface area contributed by atoms with Crippen LogP contribution in [0, 0.1) is 5.41 Å². The molecule has 0 bridgehead atoms. The number of amides is 1. The number of nitrogens with zero attached hydrogens (tertiary/aromatic N) is 3. The minimum absolute atomic E-state index is 0.0368. The van der Waals surface area contributed by atoms with Crippen LogP contribution in [0.4, 0.5) is 11.5 Å². The van der Waals surface area contributed by atoms with Crippen LogP contribution in [-0.4, -0.2) is 64.7 Å². The monoisotopic (exact) mass is 605 g/mol. The topological polar surface area (TPSA) is 198 Å². The third-order valence-electron chi connectivity index (χ3n) is 6.59. The van der Waals surface area contributed by atoms with Crippen molar-refractivity contribution in [3.8, 4) is 11.3 Å². The van der Waals surface area contributed by atoms with E-state index in [0.717, 1.165) is 18.7 Å². The van der Waals surface area contributed by atoms with Gasteiger partial charge in [-0.1, -0.05) is 38.1 Å². The number of hydrogen-bond donors (Lipinski definition) is 6. The number of nitrogen functional groups attached to an aromatic ring is 2. The average Bonchev–Trinajstić information content (AvgIpc) is 3.53. The van der Waals surface area contributed by atoms with Crippen LogP contribution in [0.5, 0.6) is 0 Å². The molecule has 0 radical (unpaired) electrons. The number of nitrogens with two attached hydrogens (primary N) is 3. The summed E-state index contributed by atoms with van der Waals surface area (Å²) in [7, 11) is 0. The maximum atomic E-state index is 13.2. The van der Waals surface area contributed by atoms with Gasteiger partial charge in [0, 0.05) is 48.1 Å². The number of nitrogens with one attached hydrogen (secondary N) is 3. The minimum Gasteiger partial charge on any atom is -0.399 e. The van der Waals surface area contributed by atoms with E-state index in [0.29, 0.717) is 34.4 Å². The van der Waals surface area contributed by atoms with Gasteiger partial charge < -0.3 is 32.7 Å². The molecule has 3 aromatic rings. The van der Waals surface area contributed by atoms with E-state index in [1.807, 2.05) is 27.7 Å². The second-order valence-electron chi connectivity index (χ2n) is 10.4. The summed E-state index contributed by atoms with van der Waals surface area (Å²) in [4.78, 5) is 43.9. The Balaban J connectivity index is 0.000000577. The average molecular weight is 606 g/mol. The minimum atomic E-state index is -0.470. The normalized spacial score (nSPS) is 12.4. The summed E-state index contributed by atoms with van der Waals surface area (Å²) in [5.41, 5.74) is 19.2. The third kappa shape index (κ3) is 10.9. The van der Waals surface area contributed by atoms with Gasteiger partial charge in [0.25, 0.3) is 5.56 Å². The third-order valence-corrected chi connectivity index (χ3v) is 6.59. The Hall–Kier alpha value is -4.55. The molecule has 0 saturated carbocycles. The van der Waals surface area contributed by atoms with Gasteiger partial charge in [-0.2, -0.15) is 0 Å². The van der Waals surface area contributed by atoms with Gasteiger partial charge in [-0.3, -0.25) is 24.4 Å². The Labute approximate surface area is 259 Å². The summed E-state index contributed by atoms with van der Waals surface area (Å²) in [6.45, 7) is 12.2. The van der Waals surface area contributed by atoms with Gasteiger partial charge in [0.1, 0.15) is 18.7 Å². The van der Waals surface area contributed by atoms with E-state index in [1.54, 1.807) is 36.4 Å². The van der Waals surface area contributed by atoms with E-state index >= 15 is 0 Å². The van der Waals surface area contributed by atoms with E-state index in [4.69, 9.17) is 22.6 Å². The molecule has 1 fully saturated rings. The molecule has 12 nitrogen and oxygen atoms in total. The fourth-order valence-electron chi connectivity index (χ4n) is 4.53.